The number of nitrogens with one attached hydrogen (secondary N) is 2. The van der Waals surface area contributed by atoms with Gasteiger partial charge in [0.05, 0.1) is 23.9 Å². The lowest BCUT2D eigenvalue weighted by atomic mass is 9.96. The molecule has 0 saturated heterocycles. The molecule has 0 fully saturated rings. The number of anilines is 1. The Kier molecular flexibility index (Phi) is 7.26. The lowest BCUT2D eigenvalue weighted by molar-refractivity contribution is 0.0601. The number of ether oxygens (including phenoxy) is 1. The molecule has 2 N–H and O–H groups in total. The van der Waals surface area contributed by atoms with E-state index < -0.39 is 11.9 Å². The van der Waals surface area contributed by atoms with Crippen LogP contribution in [0.4, 0.5) is 5.00 Å². The Bertz CT molecular complexity index is 938. The highest BCUT2D eigenvalue weighted by atomic mass is 35.5. The minimum atomic E-state index is -0.457. The van der Waals surface area contributed by atoms with Crippen molar-refractivity contribution in [3.8, 4) is 0 Å². The summed E-state index contributed by atoms with van der Waals surface area (Å²) in [5.41, 5.74) is 1.79. The van der Waals surface area contributed by atoms with E-state index in [2.05, 4.69) is 15.7 Å². The van der Waals surface area contributed by atoms with Gasteiger partial charge in [0.1, 0.15) is 10.7 Å². The van der Waals surface area contributed by atoms with Crippen LogP contribution < -0.4 is 10.6 Å². The highest BCUT2D eigenvalue weighted by Gasteiger charge is 2.26. The van der Waals surface area contributed by atoms with Gasteiger partial charge in [-0.15, -0.1) is 11.3 Å². The third-order valence-electron chi connectivity index (χ3n) is 4.82. The van der Waals surface area contributed by atoms with Crippen LogP contribution in [0.1, 0.15) is 63.9 Å². The van der Waals surface area contributed by atoms with Gasteiger partial charge in [-0.2, -0.15) is 5.10 Å². The monoisotopic (exact) mass is 454 g/mol. The van der Waals surface area contributed by atoms with Gasteiger partial charge in [0.25, 0.3) is 5.91 Å². The van der Waals surface area contributed by atoms with Gasteiger partial charge in [-0.25, -0.2) is 4.79 Å². The molecule has 1 amide bonds. The van der Waals surface area contributed by atoms with Crippen molar-refractivity contribution in [1.82, 2.24) is 15.1 Å². The predicted octanol–water partition coefficient (Wildman–Crippen LogP) is 4.19. The van der Waals surface area contributed by atoms with Crippen LogP contribution in [0.25, 0.3) is 0 Å². The van der Waals surface area contributed by atoms with E-state index >= 15 is 0 Å². The van der Waals surface area contributed by atoms with Crippen LogP contribution >= 0.6 is 35.2 Å². The molecule has 10 heteroatoms. The number of thiocarbonyl (C=S) groups is 1. The van der Waals surface area contributed by atoms with Crippen LogP contribution in [0.5, 0.6) is 0 Å². The zero-order valence-electron chi connectivity index (χ0n) is 16.3. The quantitative estimate of drug-likeness (QED) is 0.532. The Hall–Kier alpha value is -1.97. The van der Waals surface area contributed by atoms with Crippen LogP contribution in [-0.4, -0.2) is 33.9 Å². The lowest BCUT2D eigenvalue weighted by Crippen LogP contribution is -2.35. The van der Waals surface area contributed by atoms with Gasteiger partial charge in [0, 0.05) is 11.4 Å². The number of halogens is 1. The topological polar surface area (TPSA) is 85.3 Å². The molecule has 2 aromatic rings. The van der Waals surface area contributed by atoms with Crippen molar-refractivity contribution in [1.29, 1.82) is 0 Å². The number of methoxy groups -OCH3 is 1. The summed E-state index contributed by atoms with van der Waals surface area (Å²) in [6.45, 7) is 2.36. The molecule has 0 spiro atoms. The molecule has 0 unspecified atom stereocenters. The van der Waals surface area contributed by atoms with E-state index in [9.17, 15) is 9.59 Å². The Balaban J connectivity index is 1.82. The summed E-state index contributed by atoms with van der Waals surface area (Å²) < 4.78 is 6.51. The summed E-state index contributed by atoms with van der Waals surface area (Å²) in [6.07, 6.45) is 7.65. The Morgan fingerprint density at radius 1 is 1.31 bits per heavy atom. The molecule has 29 heavy (non-hydrogen) atoms. The molecular formula is C19H23ClN4O3S2. The molecule has 0 aromatic carbocycles. The molecule has 2 heterocycles. The van der Waals surface area contributed by atoms with E-state index in [0.717, 1.165) is 37.7 Å². The SMILES string of the molecule is CCn1ncc(Cl)c1C(=O)NC(=S)Nc1sc2c(c1C(=O)OC)CCCCCC2. The Morgan fingerprint density at radius 2 is 2.03 bits per heavy atom. The van der Waals surface area contributed by atoms with Crippen LogP contribution in [0, 0.1) is 0 Å². The number of esters is 1. The highest BCUT2D eigenvalue weighted by molar-refractivity contribution is 7.80. The zero-order valence-corrected chi connectivity index (χ0v) is 18.7. The maximum atomic E-state index is 12.6. The van der Waals surface area contributed by atoms with Crippen molar-refractivity contribution in [2.45, 2.75) is 52.0 Å². The number of carbonyl (C=O) groups excluding carboxylic acids is 2. The molecule has 2 aromatic heterocycles. The number of aryl methyl sites for hydroxylation is 2. The first-order valence-electron chi connectivity index (χ1n) is 9.52. The average Bonchev–Trinajstić information content (AvgIpc) is 3.20. The van der Waals surface area contributed by atoms with Crippen molar-refractivity contribution in [3.05, 3.63) is 32.9 Å². The molecule has 1 aliphatic carbocycles. The van der Waals surface area contributed by atoms with Crippen LogP contribution in [0.15, 0.2) is 6.20 Å². The summed E-state index contributed by atoms with van der Waals surface area (Å²) >= 11 is 12.9. The largest absolute Gasteiger partial charge is 0.465 e. The Labute approximate surface area is 183 Å². The molecule has 0 bridgehead atoms. The van der Waals surface area contributed by atoms with Gasteiger partial charge in [-0.3, -0.25) is 14.8 Å². The fraction of sp³-hybridized carbons (Fsp3) is 0.474. The van der Waals surface area contributed by atoms with E-state index in [-0.39, 0.29) is 15.8 Å². The minimum absolute atomic E-state index is 0.0919. The first-order valence-corrected chi connectivity index (χ1v) is 11.1. The minimum Gasteiger partial charge on any atom is -0.465 e. The Morgan fingerprint density at radius 3 is 2.72 bits per heavy atom. The lowest BCUT2D eigenvalue weighted by Gasteiger charge is -2.12. The normalized spacial score (nSPS) is 13.8. The average molecular weight is 455 g/mol. The highest BCUT2D eigenvalue weighted by Crippen LogP contribution is 2.37. The van der Waals surface area contributed by atoms with Crippen molar-refractivity contribution in [2.24, 2.45) is 0 Å². The smallest absolute Gasteiger partial charge is 0.341 e. The number of amides is 1. The van der Waals surface area contributed by atoms with Crippen molar-refractivity contribution < 1.29 is 14.3 Å². The molecule has 7 nitrogen and oxygen atoms in total. The van der Waals surface area contributed by atoms with Gasteiger partial charge in [0.15, 0.2) is 5.11 Å². The number of hydrogen-bond acceptors (Lipinski definition) is 6. The molecule has 1 aliphatic rings. The first kappa shape index (κ1) is 21.7. The van der Waals surface area contributed by atoms with Crippen molar-refractivity contribution >= 4 is 57.1 Å². The summed E-state index contributed by atoms with van der Waals surface area (Å²) in [5.74, 6) is -0.854. The molecule has 0 atom stereocenters. The number of fused-ring (bicyclic) bond motifs is 1. The van der Waals surface area contributed by atoms with Gasteiger partial charge in [-0.1, -0.05) is 24.4 Å². The number of thiophene rings is 1. The molecule has 3 rings (SSSR count). The van der Waals surface area contributed by atoms with Crippen LogP contribution in [-0.2, 0) is 24.1 Å². The van der Waals surface area contributed by atoms with Gasteiger partial charge in [-0.05, 0) is 50.4 Å². The fourth-order valence-corrected chi connectivity index (χ4v) is 5.22. The summed E-state index contributed by atoms with van der Waals surface area (Å²) in [6, 6.07) is 0. The predicted molar refractivity (Wildman–Crippen MR) is 118 cm³/mol. The van der Waals surface area contributed by atoms with Crippen molar-refractivity contribution in [2.75, 3.05) is 12.4 Å². The maximum Gasteiger partial charge on any atom is 0.341 e. The van der Waals surface area contributed by atoms with Crippen LogP contribution in [0.2, 0.25) is 5.02 Å². The molecule has 0 radical (unpaired) electrons. The molecular weight excluding hydrogens is 432 g/mol. The molecule has 0 saturated carbocycles. The molecule has 0 aliphatic heterocycles. The zero-order chi connectivity index (χ0) is 21.0. The second-order valence-corrected chi connectivity index (χ2v) is 8.60. The third kappa shape index (κ3) is 4.79. The van der Waals surface area contributed by atoms with E-state index in [4.69, 9.17) is 28.6 Å². The second-order valence-electron chi connectivity index (χ2n) is 6.68. The van der Waals surface area contributed by atoms with E-state index in [1.165, 1.54) is 40.6 Å². The number of nitrogens with zero attached hydrogens (tertiary/aromatic N) is 2. The standard InChI is InChI=1S/C19H23ClN4O3S2/c1-3-24-15(12(20)10-21-24)16(25)22-19(28)23-17-14(18(26)27-2)11-8-6-4-5-7-9-13(11)29-17/h10H,3-9H2,1-2H3,(H2,22,23,25,28). The second kappa shape index (κ2) is 9.69. The van der Waals surface area contributed by atoms with Crippen LogP contribution in [0.3, 0.4) is 0 Å². The number of hydrogen-bond donors (Lipinski definition) is 2. The fourth-order valence-electron chi connectivity index (χ4n) is 3.45. The third-order valence-corrected chi connectivity index (χ3v) is 6.51. The summed E-state index contributed by atoms with van der Waals surface area (Å²) in [4.78, 5) is 26.2. The van der Waals surface area contributed by atoms with Gasteiger partial charge < -0.3 is 10.1 Å². The van der Waals surface area contributed by atoms with Gasteiger partial charge >= 0.3 is 5.97 Å². The van der Waals surface area contributed by atoms with E-state index in [1.54, 1.807) is 0 Å². The molecule has 156 valence electrons. The number of aromatic nitrogens is 2. The number of rotatable bonds is 4. The summed E-state index contributed by atoms with van der Waals surface area (Å²) in [7, 11) is 1.37. The van der Waals surface area contributed by atoms with Gasteiger partial charge in [0.2, 0.25) is 0 Å². The van der Waals surface area contributed by atoms with E-state index in [0.29, 0.717) is 17.1 Å². The summed E-state index contributed by atoms with van der Waals surface area (Å²) in [5, 5.41) is 10.6. The van der Waals surface area contributed by atoms with E-state index in [1.807, 2.05) is 6.92 Å². The first-order chi connectivity index (χ1) is 14.0. The number of carbonyl (C=O) groups is 2. The maximum absolute atomic E-state index is 12.6. The van der Waals surface area contributed by atoms with Crippen molar-refractivity contribution in [3.63, 3.8) is 0 Å².